The molecule has 0 aliphatic rings. The molecule has 2 N–H and O–H groups in total. The maximum atomic E-state index is 8.81. The maximum absolute atomic E-state index is 8.81. The Balaban J connectivity index is 2.08. The van der Waals surface area contributed by atoms with E-state index in [1.807, 2.05) is 6.07 Å². The molecule has 2 aromatic rings. The molecule has 0 saturated carbocycles. The molecule has 0 saturated heterocycles. The Morgan fingerprint density at radius 3 is 2.88 bits per heavy atom. The zero-order chi connectivity index (χ0) is 11.4. The van der Waals surface area contributed by atoms with E-state index in [4.69, 9.17) is 9.84 Å². The van der Waals surface area contributed by atoms with Gasteiger partial charge < -0.3 is 9.84 Å². The number of pyridine rings is 1. The highest BCUT2D eigenvalue weighted by Crippen LogP contribution is 2.09. The number of rotatable bonds is 4. The number of ether oxygens (including phenoxy) is 1. The highest BCUT2D eigenvalue weighted by atomic mass is 16.5. The van der Waals surface area contributed by atoms with E-state index in [9.17, 15) is 0 Å². The van der Waals surface area contributed by atoms with Crippen LogP contribution in [-0.2, 0) is 13.0 Å². The van der Waals surface area contributed by atoms with Gasteiger partial charge in [-0.1, -0.05) is 6.07 Å². The van der Waals surface area contributed by atoms with Gasteiger partial charge in [-0.05, 0) is 5.56 Å². The molecule has 0 bridgehead atoms. The Labute approximate surface area is 92.3 Å². The number of aliphatic hydroxyl groups is 1. The second kappa shape index (κ2) is 4.71. The Morgan fingerprint density at radius 1 is 1.44 bits per heavy atom. The van der Waals surface area contributed by atoms with Crippen molar-refractivity contribution in [3.05, 3.63) is 35.5 Å². The summed E-state index contributed by atoms with van der Waals surface area (Å²) in [7, 11) is 1.58. The number of methoxy groups -OCH3 is 1. The third-order valence-electron chi connectivity index (χ3n) is 2.10. The summed E-state index contributed by atoms with van der Waals surface area (Å²) in [5, 5.41) is 15.4. The molecule has 0 aliphatic heterocycles. The van der Waals surface area contributed by atoms with Crippen LogP contribution in [-0.4, -0.2) is 32.4 Å². The van der Waals surface area contributed by atoms with Crippen LogP contribution < -0.4 is 4.74 Å². The average molecular weight is 220 g/mol. The van der Waals surface area contributed by atoms with Crippen LogP contribution in [0.4, 0.5) is 0 Å². The third kappa shape index (κ3) is 2.34. The predicted octanol–water partition coefficient (Wildman–Crippen LogP) is 0.291. The summed E-state index contributed by atoms with van der Waals surface area (Å²) in [6.45, 7) is -0.155. The van der Waals surface area contributed by atoms with Gasteiger partial charge in [0.25, 0.3) is 0 Å². The van der Waals surface area contributed by atoms with Gasteiger partial charge in [0.2, 0.25) is 5.88 Å². The van der Waals surface area contributed by atoms with Gasteiger partial charge >= 0.3 is 0 Å². The molecule has 16 heavy (non-hydrogen) atoms. The summed E-state index contributed by atoms with van der Waals surface area (Å²) in [6, 6.07) is 3.70. The van der Waals surface area contributed by atoms with Gasteiger partial charge in [-0.15, -0.1) is 0 Å². The summed E-state index contributed by atoms with van der Waals surface area (Å²) in [5.41, 5.74) is 1.00. The molecular weight excluding hydrogens is 208 g/mol. The summed E-state index contributed by atoms with van der Waals surface area (Å²) in [5.74, 6) is 1.69. The summed E-state index contributed by atoms with van der Waals surface area (Å²) < 4.78 is 4.96. The molecule has 0 unspecified atom stereocenters. The highest BCUT2D eigenvalue weighted by molar-refractivity contribution is 5.20. The minimum Gasteiger partial charge on any atom is -0.481 e. The van der Waals surface area contributed by atoms with Gasteiger partial charge in [0.1, 0.15) is 12.4 Å². The first kappa shape index (κ1) is 10.6. The first-order valence-corrected chi connectivity index (χ1v) is 4.81. The average Bonchev–Trinajstić information content (AvgIpc) is 2.78. The topological polar surface area (TPSA) is 83.9 Å². The first-order chi connectivity index (χ1) is 7.81. The van der Waals surface area contributed by atoms with Crippen LogP contribution in [0, 0.1) is 0 Å². The van der Waals surface area contributed by atoms with Crippen LogP contribution in [0.5, 0.6) is 5.88 Å². The minimum absolute atomic E-state index is 0.155. The first-order valence-electron chi connectivity index (χ1n) is 4.81. The second-order valence-corrected chi connectivity index (χ2v) is 3.24. The van der Waals surface area contributed by atoms with Crippen LogP contribution in [0.15, 0.2) is 18.3 Å². The number of hydrogen-bond acceptors (Lipinski definition) is 5. The van der Waals surface area contributed by atoms with Crippen LogP contribution in [0.25, 0.3) is 0 Å². The van der Waals surface area contributed by atoms with Crippen LogP contribution in [0.2, 0.25) is 0 Å². The lowest BCUT2D eigenvalue weighted by Crippen LogP contribution is -1.94. The number of aliphatic hydroxyl groups excluding tert-OH is 1. The van der Waals surface area contributed by atoms with Crippen molar-refractivity contribution in [2.24, 2.45) is 0 Å². The van der Waals surface area contributed by atoms with Crippen molar-refractivity contribution in [1.29, 1.82) is 0 Å². The number of aromatic nitrogens is 4. The molecule has 2 rings (SSSR count). The summed E-state index contributed by atoms with van der Waals surface area (Å²) in [6.07, 6.45) is 2.32. The monoisotopic (exact) mass is 220 g/mol. The van der Waals surface area contributed by atoms with Crippen molar-refractivity contribution in [3.63, 3.8) is 0 Å². The fourth-order valence-electron chi connectivity index (χ4n) is 1.31. The molecule has 2 aromatic heterocycles. The number of aromatic amines is 1. The quantitative estimate of drug-likeness (QED) is 0.773. The fourth-order valence-corrected chi connectivity index (χ4v) is 1.31. The standard InChI is InChI=1S/C10H12N4O2/c1-16-10-3-2-7(5-11-10)4-8-12-9(6-15)14-13-8/h2-3,5,15H,4,6H2,1H3,(H,12,13,14). The molecule has 84 valence electrons. The zero-order valence-electron chi connectivity index (χ0n) is 8.84. The Hall–Kier alpha value is -1.95. The third-order valence-corrected chi connectivity index (χ3v) is 2.10. The molecule has 0 atom stereocenters. The van der Waals surface area contributed by atoms with E-state index in [1.54, 1.807) is 19.4 Å². The molecular formula is C10H12N4O2. The molecule has 0 amide bonds. The van der Waals surface area contributed by atoms with E-state index in [0.717, 1.165) is 5.56 Å². The van der Waals surface area contributed by atoms with Crippen molar-refractivity contribution in [1.82, 2.24) is 20.2 Å². The Morgan fingerprint density at radius 2 is 2.31 bits per heavy atom. The Kier molecular flexibility index (Phi) is 3.11. The number of nitrogens with one attached hydrogen (secondary N) is 1. The summed E-state index contributed by atoms with van der Waals surface area (Å²) in [4.78, 5) is 8.18. The van der Waals surface area contributed by atoms with Gasteiger partial charge in [-0.3, -0.25) is 5.10 Å². The normalized spacial score (nSPS) is 10.4. The molecule has 2 heterocycles. The van der Waals surface area contributed by atoms with E-state index in [2.05, 4.69) is 20.2 Å². The van der Waals surface area contributed by atoms with E-state index in [0.29, 0.717) is 23.9 Å². The van der Waals surface area contributed by atoms with Crippen LogP contribution >= 0.6 is 0 Å². The van der Waals surface area contributed by atoms with Crippen molar-refractivity contribution < 1.29 is 9.84 Å². The molecule has 6 nitrogen and oxygen atoms in total. The smallest absolute Gasteiger partial charge is 0.212 e. The molecule has 0 aliphatic carbocycles. The van der Waals surface area contributed by atoms with Gasteiger partial charge in [0.15, 0.2) is 5.82 Å². The van der Waals surface area contributed by atoms with E-state index >= 15 is 0 Å². The highest BCUT2D eigenvalue weighted by Gasteiger charge is 2.03. The van der Waals surface area contributed by atoms with Crippen LogP contribution in [0.3, 0.4) is 0 Å². The molecule has 0 aromatic carbocycles. The molecule has 6 heteroatoms. The van der Waals surface area contributed by atoms with Crippen LogP contribution in [0.1, 0.15) is 17.2 Å². The van der Waals surface area contributed by atoms with Crippen molar-refractivity contribution in [2.45, 2.75) is 13.0 Å². The largest absolute Gasteiger partial charge is 0.481 e. The predicted molar refractivity (Wildman–Crippen MR) is 55.9 cm³/mol. The number of hydrogen-bond donors (Lipinski definition) is 2. The maximum Gasteiger partial charge on any atom is 0.212 e. The van der Waals surface area contributed by atoms with E-state index in [-0.39, 0.29) is 6.61 Å². The zero-order valence-corrected chi connectivity index (χ0v) is 8.84. The van der Waals surface area contributed by atoms with Crippen molar-refractivity contribution in [3.8, 4) is 5.88 Å². The fraction of sp³-hybridized carbons (Fsp3) is 0.300. The van der Waals surface area contributed by atoms with Gasteiger partial charge in [-0.2, -0.15) is 5.10 Å². The van der Waals surface area contributed by atoms with Crippen molar-refractivity contribution >= 4 is 0 Å². The van der Waals surface area contributed by atoms with E-state index < -0.39 is 0 Å². The SMILES string of the molecule is COc1ccc(Cc2nc(CO)n[nH]2)cn1. The van der Waals surface area contributed by atoms with Crippen molar-refractivity contribution in [2.75, 3.05) is 7.11 Å². The van der Waals surface area contributed by atoms with Gasteiger partial charge in [0, 0.05) is 18.7 Å². The number of nitrogens with zero attached hydrogens (tertiary/aromatic N) is 3. The number of H-pyrrole nitrogens is 1. The van der Waals surface area contributed by atoms with Gasteiger partial charge in [0.05, 0.1) is 7.11 Å². The lowest BCUT2D eigenvalue weighted by molar-refractivity contribution is 0.272. The lowest BCUT2D eigenvalue weighted by Gasteiger charge is -1.99. The Bertz CT molecular complexity index is 452. The molecule has 0 fully saturated rings. The lowest BCUT2D eigenvalue weighted by atomic mass is 10.2. The molecule has 0 radical (unpaired) electrons. The minimum atomic E-state index is -0.155. The second-order valence-electron chi connectivity index (χ2n) is 3.24. The van der Waals surface area contributed by atoms with Gasteiger partial charge in [-0.25, -0.2) is 9.97 Å². The molecule has 0 spiro atoms. The summed E-state index contributed by atoms with van der Waals surface area (Å²) >= 11 is 0. The van der Waals surface area contributed by atoms with E-state index in [1.165, 1.54) is 0 Å².